The third-order valence-corrected chi connectivity index (χ3v) is 3.41. The fraction of sp³-hybridized carbons (Fsp3) is 0.412. The predicted molar refractivity (Wildman–Crippen MR) is 91.2 cm³/mol. The zero-order valence-corrected chi connectivity index (χ0v) is 14.3. The molecule has 0 aliphatic rings. The number of nitrogens with one attached hydrogen (secondary N) is 2. The minimum atomic E-state index is -4.34. The molecule has 136 valence electrons. The lowest BCUT2D eigenvalue weighted by molar-refractivity contribution is -0.137. The molecule has 1 aromatic carbocycles. The van der Waals surface area contributed by atoms with Crippen molar-refractivity contribution >= 4 is 5.96 Å². The number of hydrogen-bond acceptors (Lipinski definition) is 2. The van der Waals surface area contributed by atoms with Crippen LogP contribution in [0.5, 0.6) is 0 Å². The van der Waals surface area contributed by atoms with Crippen molar-refractivity contribution in [2.75, 3.05) is 13.1 Å². The Morgan fingerprint density at radius 2 is 2.08 bits per heavy atom. The second kappa shape index (κ2) is 8.55. The van der Waals surface area contributed by atoms with Gasteiger partial charge in [-0.25, -0.2) is 4.99 Å². The van der Waals surface area contributed by atoms with E-state index in [1.54, 1.807) is 12.3 Å². The fourth-order valence-electron chi connectivity index (χ4n) is 2.24. The van der Waals surface area contributed by atoms with Crippen molar-refractivity contribution in [2.24, 2.45) is 4.99 Å². The van der Waals surface area contributed by atoms with Crippen LogP contribution in [0.2, 0.25) is 0 Å². The van der Waals surface area contributed by atoms with Crippen LogP contribution in [0.4, 0.5) is 13.2 Å². The van der Waals surface area contributed by atoms with Crippen LogP contribution in [-0.2, 0) is 19.3 Å². The van der Waals surface area contributed by atoms with Gasteiger partial charge in [0.15, 0.2) is 5.96 Å². The largest absolute Gasteiger partial charge is 0.416 e. The first kappa shape index (κ1) is 18.8. The van der Waals surface area contributed by atoms with Gasteiger partial charge in [0.25, 0.3) is 0 Å². The van der Waals surface area contributed by atoms with Gasteiger partial charge in [-0.15, -0.1) is 0 Å². The molecule has 1 aromatic heterocycles. The van der Waals surface area contributed by atoms with E-state index >= 15 is 0 Å². The highest BCUT2D eigenvalue weighted by Crippen LogP contribution is 2.29. The molecule has 0 fully saturated rings. The zero-order valence-electron chi connectivity index (χ0n) is 14.3. The van der Waals surface area contributed by atoms with Gasteiger partial charge in [-0.05, 0) is 37.1 Å². The Bertz CT molecular complexity index is 706. The number of hydrogen-bond donors (Lipinski definition) is 2. The van der Waals surface area contributed by atoms with Gasteiger partial charge in [-0.3, -0.25) is 4.68 Å². The lowest BCUT2D eigenvalue weighted by Crippen LogP contribution is -2.38. The molecule has 0 saturated carbocycles. The van der Waals surface area contributed by atoms with Gasteiger partial charge in [-0.1, -0.05) is 12.1 Å². The maximum atomic E-state index is 12.7. The summed E-state index contributed by atoms with van der Waals surface area (Å²) in [4.78, 5) is 4.34. The van der Waals surface area contributed by atoms with Crippen molar-refractivity contribution < 1.29 is 13.2 Å². The average Bonchev–Trinajstić information content (AvgIpc) is 2.97. The topological polar surface area (TPSA) is 54.2 Å². The van der Waals surface area contributed by atoms with E-state index in [4.69, 9.17) is 0 Å². The number of nitrogens with zero attached hydrogens (tertiary/aromatic N) is 3. The van der Waals surface area contributed by atoms with Crippen molar-refractivity contribution in [3.8, 4) is 0 Å². The summed E-state index contributed by atoms with van der Waals surface area (Å²) in [5.74, 6) is 0.559. The summed E-state index contributed by atoms with van der Waals surface area (Å²) in [7, 11) is 0. The summed E-state index contributed by atoms with van der Waals surface area (Å²) in [6, 6.07) is 5.21. The molecule has 0 radical (unpaired) electrons. The molecular formula is C17H22F3N5. The highest BCUT2D eigenvalue weighted by Gasteiger charge is 2.30. The van der Waals surface area contributed by atoms with Crippen LogP contribution < -0.4 is 10.6 Å². The third kappa shape index (κ3) is 6.13. The number of aryl methyl sites for hydroxylation is 1. The summed E-state index contributed by atoms with van der Waals surface area (Å²) < 4.78 is 40.1. The fourth-order valence-corrected chi connectivity index (χ4v) is 2.24. The van der Waals surface area contributed by atoms with Gasteiger partial charge in [0.2, 0.25) is 0 Å². The maximum absolute atomic E-state index is 12.7. The van der Waals surface area contributed by atoms with Gasteiger partial charge in [0.1, 0.15) is 0 Å². The lowest BCUT2D eigenvalue weighted by Gasteiger charge is -2.12. The Balaban J connectivity index is 1.94. The molecule has 0 aliphatic carbocycles. The quantitative estimate of drug-likeness (QED) is 0.620. The summed E-state index contributed by atoms with van der Waals surface area (Å²) in [5, 5.41) is 10.4. The molecule has 25 heavy (non-hydrogen) atoms. The Kier molecular flexibility index (Phi) is 6.44. The number of guanidine groups is 1. The van der Waals surface area contributed by atoms with Gasteiger partial charge < -0.3 is 10.6 Å². The number of halogens is 3. The molecule has 8 heteroatoms. The van der Waals surface area contributed by atoms with E-state index < -0.39 is 11.7 Å². The van der Waals surface area contributed by atoms with Crippen LogP contribution in [0.15, 0.2) is 41.7 Å². The van der Waals surface area contributed by atoms with E-state index in [2.05, 4.69) is 20.7 Å². The second-order valence-electron chi connectivity index (χ2n) is 5.60. The first-order valence-corrected chi connectivity index (χ1v) is 8.06. The van der Waals surface area contributed by atoms with Gasteiger partial charge in [0.05, 0.1) is 24.8 Å². The number of alkyl halides is 3. The zero-order chi connectivity index (χ0) is 18.3. The van der Waals surface area contributed by atoms with E-state index in [0.717, 1.165) is 17.7 Å². The maximum Gasteiger partial charge on any atom is 0.416 e. The monoisotopic (exact) mass is 353 g/mol. The molecule has 0 atom stereocenters. The number of rotatable bonds is 6. The SMILES string of the molecule is CCNC(=NCc1cccc(C(F)(F)F)c1)NCCn1cc(C)cn1. The van der Waals surface area contributed by atoms with E-state index in [0.29, 0.717) is 31.2 Å². The lowest BCUT2D eigenvalue weighted by atomic mass is 10.1. The van der Waals surface area contributed by atoms with E-state index in [1.165, 1.54) is 6.07 Å². The van der Waals surface area contributed by atoms with Crippen molar-refractivity contribution in [3.63, 3.8) is 0 Å². The molecule has 2 N–H and O–H groups in total. The van der Waals surface area contributed by atoms with Crippen LogP contribution >= 0.6 is 0 Å². The highest BCUT2D eigenvalue weighted by molar-refractivity contribution is 5.79. The predicted octanol–water partition coefficient (Wildman–Crippen LogP) is 2.97. The molecule has 0 saturated heterocycles. The molecule has 0 aliphatic heterocycles. The van der Waals surface area contributed by atoms with Crippen molar-refractivity contribution in [3.05, 3.63) is 53.3 Å². The van der Waals surface area contributed by atoms with Crippen molar-refractivity contribution in [1.29, 1.82) is 0 Å². The molecule has 1 heterocycles. The van der Waals surface area contributed by atoms with E-state index in [9.17, 15) is 13.2 Å². The minimum Gasteiger partial charge on any atom is -0.357 e. The third-order valence-electron chi connectivity index (χ3n) is 3.41. The highest BCUT2D eigenvalue weighted by atomic mass is 19.4. The van der Waals surface area contributed by atoms with Crippen molar-refractivity contribution in [2.45, 2.75) is 33.1 Å². The normalized spacial score (nSPS) is 12.3. The smallest absolute Gasteiger partial charge is 0.357 e. The van der Waals surface area contributed by atoms with Gasteiger partial charge >= 0.3 is 6.18 Å². The van der Waals surface area contributed by atoms with Crippen molar-refractivity contribution in [1.82, 2.24) is 20.4 Å². The Morgan fingerprint density at radius 1 is 1.28 bits per heavy atom. The van der Waals surface area contributed by atoms with Gasteiger partial charge in [-0.2, -0.15) is 18.3 Å². The van der Waals surface area contributed by atoms with E-state index in [1.807, 2.05) is 24.7 Å². The van der Waals surface area contributed by atoms with Crippen LogP contribution in [0.1, 0.15) is 23.6 Å². The molecule has 0 bridgehead atoms. The van der Waals surface area contributed by atoms with Crippen LogP contribution in [-0.4, -0.2) is 28.8 Å². The Morgan fingerprint density at radius 3 is 2.72 bits per heavy atom. The molecule has 5 nitrogen and oxygen atoms in total. The summed E-state index contributed by atoms with van der Waals surface area (Å²) in [6.45, 7) is 6.00. The first-order valence-electron chi connectivity index (χ1n) is 8.06. The molecule has 0 unspecified atom stereocenters. The molecule has 0 amide bonds. The number of aromatic nitrogens is 2. The second-order valence-corrected chi connectivity index (χ2v) is 5.60. The first-order chi connectivity index (χ1) is 11.9. The van der Waals surface area contributed by atoms with E-state index in [-0.39, 0.29) is 6.54 Å². The minimum absolute atomic E-state index is 0.167. The van der Waals surface area contributed by atoms with Crippen LogP contribution in [0.3, 0.4) is 0 Å². The Labute approximate surface area is 145 Å². The van der Waals surface area contributed by atoms with Gasteiger partial charge in [0, 0.05) is 19.3 Å². The summed E-state index contributed by atoms with van der Waals surface area (Å²) in [6.07, 6.45) is -0.619. The molecular weight excluding hydrogens is 331 g/mol. The molecule has 0 spiro atoms. The number of aliphatic imine (C=N–C) groups is 1. The summed E-state index contributed by atoms with van der Waals surface area (Å²) in [5.41, 5.74) is 0.937. The standard InChI is InChI=1S/C17H22F3N5/c1-3-21-16(22-7-8-25-12-13(2)10-24-25)23-11-14-5-4-6-15(9-14)17(18,19)20/h4-6,9-10,12H,3,7-8,11H2,1-2H3,(H2,21,22,23). The molecule has 2 aromatic rings. The van der Waals surface area contributed by atoms with Crippen LogP contribution in [0, 0.1) is 6.92 Å². The molecule has 2 rings (SSSR count). The average molecular weight is 353 g/mol. The number of benzene rings is 1. The van der Waals surface area contributed by atoms with Crippen LogP contribution in [0.25, 0.3) is 0 Å². The summed E-state index contributed by atoms with van der Waals surface area (Å²) >= 11 is 0. The Hall–Kier alpha value is -2.51.